The van der Waals surface area contributed by atoms with Crippen LogP contribution in [0.5, 0.6) is 5.75 Å². The number of aromatic amines is 2. The fourth-order valence-corrected chi connectivity index (χ4v) is 5.20. The van der Waals surface area contributed by atoms with Crippen LogP contribution in [0.15, 0.2) is 102 Å². The van der Waals surface area contributed by atoms with Crippen molar-refractivity contribution in [1.29, 1.82) is 0 Å². The van der Waals surface area contributed by atoms with Crippen LogP contribution < -0.4 is 21.1 Å². The van der Waals surface area contributed by atoms with E-state index in [1.807, 2.05) is 24.4 Å². The van der Waals surface area contributed by atoms with E-state index in [2.05, 4.69) is 87.5 Å². The molecule has 38 heavy (non-hydrogen) atoms. The molecule has 0 amide bonds. The van der Waals surface area contributed by atoms with E-state index in [1.54, 1.807) is 7.11 Å². The molecule has 1 aliphatic rings. The number of rotatable bonds is 8. The van der Waals surface area contributed by atoms with Crippen LogP contribution in [0.3, 0.4) is 0 Å². The number of ether oxygens (including phenoxy) is 1. The van der Waals surface area contributed by atoms with Crippen LogP contribution in [0.1, 0.15) is 16.7 Å². The molecule has 3 heterocycles. The second-order valence-corrected chi connectivity index (χ2v) is 9.90. The first-order chi connectivity index (χ1) is 18.6. The Bertz CT molecular complexity index is 1630. The standard InChI is InChI=1S/C31H32N6O/c1-38-26-8-10-29-27(17-26)24(20-35-29)12-14-34-30-36-25(16-21-5-3-2-4-6-21)19-31(32,37-30)18-22-7-9-28-23(15-22)11-13-33-28/h2-11,13,15,17,19-20,33,35H,12,14,16,18,32H2,1H3,(H2,34,36,37). The number of allylic oxidation sites excluding steroid dienone is 1. The molecular formula is C31H32N6O. The molecular weight excluding hydrogens is 472 g/mol. The van der Waals surface area contributed by atoms with Crippen molar-refractivity contribution in [1.82, 2.24) is 20.6 Å². The van der Waals surface area contributed by atoms with Crippen LogP contribution in [0, 0.1) is 0 Å². The molecule has 0 aliphatic carbocycles. The summed E-state index contributed by atoms with van der Waals surface area (Å²) in [5.74, 6) is 1.54. The Morgan fingerprint density at radius 2 is 1.79 bits per heavy atom. The van der Waals surface area contributed by atoms with Crippen molar-refractivity contribution in [3.63, 3.8) is 0 Å². The number of nitrogens with two attached hydrogens (primary N) is 1. The number of hydrogen-bond donors (Lipinski definition) is 5. The minimum Gasteiger partial charge on any atom is -0.497 e. The number of methoxy groups -OCH3 is 1. The van der Waals surface area contributed by atoms with Gasteiger partial charge >= 0.3 is 0 Å². The number of H-pyrrole nitrogens is 2. The van der Waals surface area contributed by atoms with Crippen LogP contribution in [-0.4, -0.2) is 35.2 Å². The zero-order chi connectivity index (χ0) is 26.0. The number of hydrogen-bond acceptors (Lipinski definition) is 3. The summed E-state index contributed by atoms with van der Waals surface area (Å²) in [6.07, 6.45) is 8.29. The summed E-state index contributed by atoms with van der Waals surface area (Å²) >= 11 is 0. The van der Waals surface area contributed by atoms with Gasteiger partial charge in [-0.25, -0.2) is 0 Å². The quantitative estimate of drug-likeness (QED) is 0.210. The molecule has 0 saturated carbocycles. The lowest BCUT2D eigenvalue weighted by Crippen LogP contribution is -2.62. The highest BCUT2D eigenvalue weighted by atomic mass is 16.5. The molecule has 0 radical (unpaired) electrons. The zero-order valence-electron chi connectivity index (χ0n) is 21.4. The molecule has 0 spiro atoms. The fraction of sp³-hybridized carbons (Fsp3) is 0.194. The van der Waals surface area contributed by atoms with Crippen molar-refractivity contribution >= 4 is 27.8 Å². The lowest BCUT2D eigenvalue weighted by molar-refractivity contribution is 0.415. The minimum atomic E-state index is -0.771. The molecule has 7 heteroatoms. The monoisotopic (exact) mass is 504 g/mol. The van der Waals surface area contributed by atoms with E-state index in [0.29, 0.717) is 18.9 Å². The molecule has 0 saturated heterocycles. The third-order valence-corrected chi connectivity index (χ3v) is 7.04. The van der Waals surface area contributed by atoms with Gasteiger partial charge in [0.15, 0.2) is 5.96 Å². The molecule has 7 nitrogen and oxygen atoms in total. The van der Waals surface area contributed by atoms with E-state index >= 15 is 0 Å². The summed E-state index contributed by atoms with van der Waals surface area (Å²) in [4.78, 5) is 11.5. The first-order valence-corrected chi connectivity index (χ1v) is 12.9. The maximum atomic E-state index is 6.98. The normalized spacial score (nSPS) is 18.4. The minimum absolute atomic E-state index is 0.615. The van der Waals surface area contributed by atoms with Gasteiger partial charge < -0.3 is 31.1 Å². The van der Waals surface area contributed by atoms with Gasteiger partial charge in [-0.15, -0.1) is 0 Å². The van der Waals surface area contributed by atoms with Crippen molar-refractivity contribution in [2.24, 2.45) is 10.7 Å². The van der Waals surface area contributed by atoms with Crippen molar-refractivity contribution in [2.45, 2.75) is 24.9 Å². The third-order valence-electron chi connectivity index (χ3n) is 7.04. The maximum absolute atomic E-state index is 6.98. The molecule has 6 N–H and O–H groups in total. The van der Waals surface area contributed by atoms with Crippen LogP contribution >= 0.6 is 0 Å². The highest BCUT2D eigenvalue weighted by Gasteiger charge is 2.29. The van der Waals surface area contributed by atoms with E-state index in [9.17, 15) is 0 Å². The molecule has 1 aliphatic heterocycles. The van der Waals surface area contributed by atoms with Gasteiger partial charge in [0.25, 0.3) is 0 Å². The highest BCUT2D eigenvalue weighted by Crippen LogP contribution is 2.24. The number of benzene rings is 3. The molecule has 0 bridgehead atoms. The second kappa shape index (κ2) is 10.1. The number of aliphatic imine (C=N–C) groups is 1. The van der Waals surface area contributed by atoms with Crippen LogP contribution in [0.25, 0.3) is 21.8 Å². The third kappa shape index (κ3) is 5.14. The average molecular weight is 505 g/mol. The number of nitrogens with one attached hydrogen (secondary N) is 4. The smallest absolute Gasteiger partial charge is 0.197 e. The van der Waals surface area contributed by atoms with E-state index < -0.39 is 5.66 Å². The summed E-state index contributed by atoms with van der Waals surface area (Å²) in [6, 6.07) is 25.0. The lowest BCUT2D eigenvalue weighted by Gasteiger charge is -2.35. The van der Waals surface area contributed by atoms with Crippen LogP contribution in [-0.2, 0) is 19.3 Å². The van der Waals surface area contributed by atoms with Gasteiger partial charge in [0.05, 0.1) is 7.11 Å². The Balaban J connectivity index is 1.24. The van der Waals surface area contributed by atoms with Gasteiger partial charge in [-0.05, 0) is 71.0 Å². The van der Waals surface area contributed by atoms with Crippen LogP contribution in [0.2, 0.25) is 0 Å². The first kappa shape index (κ1) is 23.9. The Hall–Kier alpha value is -4.49. The second-order valence-electron chi connectivity index (χ2n) is 9.90. The highest BCUT2D eigenvalue weighted by molar-refractivity contribution is 5.86. The fourth-order valence-electron chi connectivity index (χ4n) is 5.20. The Labute approximate surface area is 221 Å². The van der Waals surface area contributed by atoms with Gasteiger partial charge in [-0.2, -0.15) is 0 Å². The number of nitrogens with zero attached hydrogens (tertiary/aromatic N) is 1. The molecule has 1 unspecified atom stereocenters. The maximum Gasteiger partial charge on any atom is 0.197 e. The summed E-state index contributed by atoms with van der Waals surface area (Å²) in [7, 11) is 1.69. The molecule has 3 aromatic carbocycles. The lowest BCUT2D eigenvalue weighted by atomic mass is 9.95. The van der Waals surface area contributed by atoms with Gasteiger partial charge in [-0.1, -0.05) is 36.4 Å². The summed E-state index contributed by atoms with van der Waals surface area (Å²) in [5.41, 5.74) is 13.1. The average Bonchev–Trinajstić information content (AvgIpc) is 3.55. The Morgan fingerprint density at radius 1 is 0.921 bits per heavy atom. The van der Waals surface area contributed by atoms with Crippen molar-refractivity contribution < 1.29 is 4.74 Å². The zero-order valence-corrected chi connectivity index (χ0v) is 21.4. The summed E-state index contributed by atoms with van der Waals surface area (Å²) in [5, 5.41) is 9.31. The van der Waals surface area contributed by atoms with E-state index in [-0.39, 0.29) is 0 Å². The van der Waals surface area contributed by atoms with E-state index in [0.717, 1.165) is 46.3 Å². The Morgan fingerprint density at radius 3 is 2.66 bits per heavy atom. The van der Waals surface area contributed by atoms with Gasteiger partial charge in [0.2, 0.25) is 0 Å². The van der Waals surface area contributed by atoms with Crippen molar-refractivity contribution in [3.05, 3.63) is 114 Å². The topological polar surface area (TPSA) is 103 Å². The Kier molecular flexibility index (Phi) is 6.35. The van der Waals surface area contributed by atoms with Crippen molar-refractivity contribution in [3.8, 4) is 5.75 Å². The predicted molar refractivity (Wildman–Crippen MR) is 154 cm³/mol. The van der Waals surface area contributed by atoms with Crippen LogP contribution in [0.4, 0.5) is 0 Å². The largest absolute Gasteiger partial charge is 0.497 e. The van der Waals surface area contributed by atoms with Gasteiger partial charge in [0, 0.05) is 53.9 Å². The molecule has 1 atom stereocenters. The number of fused-ring (bicyclic) bond motifs is 2. The summed E-state index contributed by atoms with van der Waals surface area (Å²) in [6.45, 7) is 0.615. The number of aromatic nitrogens is 2. The molecule has 6 rings (SSSR count). The van der Waals surface area contributed by atoms with Gasteiger partial charge in [0.1, 0.15) is 11.4 Å². The first-order valence-electron chi connectivity index (χ1n) is 12.9. The van der Waals surface area contributed by atoms with E-state index in [1.165, 1.54) is 16.5 Å². The SMILES string of the molecule is COc1ccc2[nH]cc(CCN=C3NC(Cc4ccccc4)=CC(N)(Cc4ccc5[nH]ccc5c4)N3)c2c1. The number of guanidine groups is 1. The van der Waals surface area contributed by atoms with E-state index in [4.69, 9.17) is 15.5 Å². The van der Waals surface area contributed by atoms with Gasteiger partial charge in [-0.3, -0.25) is 4.99 Å². The molecule has 2 aromatic heterocycles. The molecule has 0 fully saturated rings. The van der Waals surface area contributed by atoms with Crippen molar-refractivity contribution in [2.75, 3.05) is 13.7 Å². The molecule has 5 aromatic rings. The molecule has 192 valence electrons. The summed E-state index contributed by atoms with van der Waals surface area (Å²) < 4.78 is 5.41. The predicted octanol–water partition coefficient (Wildman–Crippen LogP) is 4.77.